The number of hydrogen-bond donors (Lipinski definition) is 1. The van der Waals surface area contributed by atoms with Crippen LogP contribution in [0.15, 0.2) is 18.2 Å². The number of piperazine rings is 1. The van der Waals surface area contributed by atoms with E-state index >= 15 is 0 Å². The van der Waals surface area contributed by atoms with Crippen LogP contribution in [0.2, 0.25) is 0 Å². The zero-order valence-corrected chi connectivity index (χ0v) is 12.3. The summed E-state index contributed by atoms with van der Waals surface area (Å²) in [7, 11) is 0. The van der Waals surface area contributed by atoms with Gasteiger partial charge in [0, 0.05) is 30.9 Å². The summed E-state index contributed by atoms with van der Waals surface area (Å²) in [5.41, 5.74) is 4.58. The fraction of sp³-hybridized carbons (Fsp3) is 0.647. The second-order valence-electron chi connectivity index (χ2n) is 6.54. The van der Waals surface area contributed by atoms with Crippen LogP contribution in [-0.2, 0) is 0 Å². The molecular formula is C17H26N2. The Bertz CT molecular complexity index is 421. The summed E-state index contributed by atoms with van der Waals surface area (Å²) in [6.45, 7) is 7.87. The van der Waals surface area contributed by atoms with Gasteiger partial charge in [0.05, 0.1) is 0 Å². The highest BCUT2D eigenvalue weighted by atomic mass is 15.2. The van der Waals surface area contributed by atoms with E-state index in [1.807, 2.05) is 0 Å². The van der Waals surface area contributed by atoms with Crippen molar-refractivity contribution in [2.24, 2.45) is 0 Å². The van der Waals surface area contributed by atoms with E-state index in [0.717, 1.165) is 13.1 Å². The third-order valence-electron chi connectivity index (χ3n) is 4.76. The largest absolute Gasteiger partial charge is 0.368 e. The lowest BCUT2D eigenvalue weighted by atomic mass is 9.80. The molecule has 1 saturated heterocycles. The first kappa shape index (κ1) is 13.0. The van der Waals surface area contributed by atoms with Crippen LogP contribution in [0.5, 0.6) is 0 Å². The molecule has 1 aliphatic carbocycles. The van der Waals surface area contributed by atoms with Crippen LogP contribution in [0.3, 0.4) is 0 Å². The summed E-state index contributed by atoms with van der Waals surface area (Å²) >= 11 is 0. The van der Waals surface area contributed by atoms with Crippen LogP contribution >= 0.6 is 0 Å². The lowest BCUT2D eigenvalue weighted by molar-refractivity contribution is 0.216. The number of nitrogens with zero attached hydrogens (tertiary/aromatic N) is 1. The molecule has 2 nitrogen and oxygen atoms in total. The molecule has 2 heteroatoms. The topological polar surface area (TPSA) is 15.3 Å². The predicted octanol–water partition coefficient (Wildman–Crippen LogP) is 3.42. The van der Waals surface area contributed by atoms with Crippen molar-refractivity contribution >= 4 is 5.69 Å². The molecule has 1 heterocycles. The van der Waals surface area contributed by atoms with Gasteiger partial charge in [0.15, 0.2) is 0 Å². The van der Waals surface area contributed by atoms with Gasteiger partial charge >= 0.3 is 0 Å². The van der Waals surface area contributed by atoms with Crippen LogP contribution in [0.25, 0.3) is 0 Å². The lowest BCUT2D eigenvalue weighted by Crippen LogP contribution is -2.61. The van der Waals surface area contributed by atoms with Crippen molar-refractivity contribution in [3.8, 4) is 0 Å². The summed E-state index contributed by atoms with van der Waals surface area (Å²) in [6, 6.07) is 6.95. The molecule has 0 bridgehead atoms. The van der Waals surface area contributed by atoms with Crippen molar-refractivity contribution in [1.82, 2.24) is 5.32 Å². The molecule has 1 aromatic rings. The van der Waals surface area contributed by atoms with Crippen molar-refractivity contribution < 1.29 is 0 Å². The molecule has 1 saturated carbocycles. The Hall–Kier alpha value is -1.02. The van der Waals surface area contributed by atoms with E-state index in [1.54, 1.807) is 0 Å². The van der Waals surface area contributed by atoms with Gasteiger partial charge in [-0.2, -0.15) is 0 Å². The third-order valence-corrected chi connectivity index (χ3v) is 4.76. The number of rotatable bonds is 1. The summed E-state index contributed by atoms with van der Waals surface area (Å²) in [4.78, 5) is 2.60. The molecule has 0 atom stereocenters. The van der Waals surface area contributed by atoms with Gasteiger partial charge in [0.25, 0.3) is 0 Å². The Labute approximate surface area is 117 Å². The highest BCUT2D eigenvalue weighted by Gasteiger charge is 2.36. The van der Waals surface area contributed by atoms with Crippen molar-refractivity contribution in [3.63, 3.8) is 0 Å². The molecule has 1 spiro atoms. The Balaban J connectivity index is 1.80. The number of anilines is 1. The number of aryl methyl sites for hydroxylation is 2. The first-order chi connectivity index (χ1) is 9.17. The molecule has 19 heavy (non-hydrogen) atoms. The van der Waals surface area contributed by atoms with E-state index in [4.69, 9.17) is 0 Å². The second-order valence-corrected chi connectivity index (χ2v) is 6.54. The zero-order valence-electron chi connectivity index (χ0n) is 12.3. The Morgan fingerprint density at radius 2 is 1.68 bits per heavy atom. The maximum absolute atomic E-state index is 3.82. The first-order valence-corrected chi connectivity index (χ1v) is 7.75. The Kier molecular flexibility index (Phi) is 3.53. The van der Waals surface area contributed by atoms with Gasteiger partial charge < -0.3 is 10.2 Å². The molecule has 0 unspecified atom stereocenters. The molecule has 1 aliphatic heterocycles. The number of nitrogens with one attached hydrogen (secondary N) is 1. The van der Waals surface area contributed by atoms with Crippen molar-refractivity contribution in [2.45, 2.75) is 51.5 Å². The summed E-state index contributed by atoms with van der Waals surface area (Å²) in [5, 5.41) is 3.82. The molecule has 0 aromatic heterocycles. The predicted molar refractivity (Wildman–Crippen MR) is 81.9 cm³/mol. The minimum absolute atomic E-state index is 0.397. The van der Waals surface area contributed by atoms with Gasteiger partial charge in [-0.25, -0.2) is 0 Å². The van der Waals surface area contributed by atoms with E-state index in [0.29, 0.717) is 5.54 Å². The quantitative estimate of drug-likeness (QED) is 0.830. The third kappa shape index (κ3) is 2.79. The first-order valence-electron chi connectivity index (χ1n) is 7.75. The molecule has 2 fully saturated rings. The van der Waals surface area contributed by atoms with Crippen molar-refractivity contribution in [3.05, 3.63) is 29.3 Å². The van der Waals surface area contributed by atoms with Gasteiger partial charge in [-0.15, -0.1) is 0 Å². The fourth-order valence-corrected chi connectivity index (χ4v) is 3.87. The van der Waals surface area contributed by atoms with E-state index < -0.39 is 0 Å². The maximum Gasteiger partial charge on any atom is 0.0372 e. The van der Waals surface area contributed by atoms with Gasteiger partial charge in [-0.1, -0.05) is 25.3 Å². The van der Waals surface area contributed by atoms with Crippen molar-refractivity contribution in [2.75, 3.05) is 24.5 Å². The highest BCUT2D eigenvalue weighted by molar-refractivity contribution is 5.52. The minimum Gasteiger partial charge on any atom is -0.368 e. The number of benzene rings is 1. The van der Waals surface area contributed by atoms with Gasteiger partial charge in [-0.3, -0.25) is 0 Å². The maximum atomic E-state index is 3.82. The van der Waals surface area contributed by atoms with Gasteiger partial charge in [0.2, 0.25) is 0 Å². The van der Waals surface area contributed by atoms with E-state index in [2.05, 4.69) is 42.3 Å². The van der Waals surface area contributed by atoms with E-state index in [1.165, 1.54) is 55.5 Å². The fourth-order valence-electron chi connectivity index (χ4n) is 3.87. The molecule has 0 radical (unpaired) electrons. The van der Waals surface area contributed by atoms with E-state index in [9.17, 15) is 0 Å². The van der Waals surface area contributed by atoms with Crippen LogP contribution in [0, 0.1) is 13.8 Å². The SMILES string of the molecule is Cc1cc(C)cc(N2CCNC3(CCCCC3)C2)c1. The molecule has 0 amide bonds. The summed E-state index contributed by atoms with van der Waals surface area (Å²) < 4.78 is 0. The summed E-state index contributed by atoms with van der Waals surface area (Å²) in [6.07, 6.45) is 6.93. The van der Waals surface area contributed by atoms with Crippen LogP contribution in [-0.4, -0.2) is 25.2 Å². The Morgan fingerprint density at radius 3 is 2.37 bits per heavy atom. The standard InChI is InChI=1S/C17H26N2/c1-14-10-15(2)12-16(11-14)19-9-8-18-17(13-19)6-4-3-5-7-17/h10-12,18H,3-9,13H2,1-2H3. The lowest BCUT2D eigenvalue weighted by Gasteiger charge is -2.47. The van der Waals surface area contributed by atoms with Crippen LogP contribution in [0.1, 0.15) is 43.2 Å². The monoisotopic (exact) mass is 258 g/mol. The highest BCUT2D eigenvalue weighted by Crippen LogP contribution is 2.32. The Morgan fingerprint density at radius 1 is 1.00 bits per heavy atom. The van der Waals surface area contributed by atoms with E-state index in [-0.39, 0.29) is 0 Å². The normalized spacial score (nSPS) is 22.7. The molecular weight excluding hydrogens is 232 g/mol. The molecule has 2 aliphatic rings. The molecule has 104 valence electrons. The van der Waals surface area contributed by atoms with Crippen molar-refractivity contribution in [1.29, 1.82) is 0 Å². The van der Waals surface area contributed by atoms with Gasteiger partial charge in [-0.05, 0) is 49.9 Å². The number of hydrogen-bond acceptors (Lipinski definition) is 2. The summed E-state index contributed by atoms with van der Waals surface area (Å²) in [5.74, 6) is 0. The van der Waals surface area contributed by atoms with Crippen LogP contribution < -0.4 is 10.2 Å². The molecule has 1 N–H and O–H groups in total. The van der Waals surface area contributed by atoms with Gasteiger partial charge in [0.1, 0.15) is 0 Å². The molecule has 3 rings (SSSR count). The molecule has 1 aromatic carbocycles. The average Bonchev–Trinajstić information content (AvgIpc) is 2.38. The minimum atomic E-state index is 0.397. The van der Waals surface area contributed by atoms with Crippen LogP contribution in [0.4, 0.5) is 5.69 Å². The second kappa shape index (κ2) is 5.16. The smallest absolute Gasteiger partial charge is 0.0372 e. The zero-order chi connectivity index (χ0) is 13.3. The average molecular weight is 258 g/mol.